The molecule has 0 radical (unpaired) electrons. The molecule has 1 atom stereocenters. The third-order valence-electron chi connectivity index (χ3n) is 3.38. The molecule has 0 spiro atoms. The summed E-state index contributed by atoms with van der Waals surface area (Å²) >= 11 is 1.51. The van der Waals surface area contributed by atoms with E-state index in [1.54, 1.807) is 0 Å². The van der Waals surface area contributed by atoms with Gasteiger partial charge in [-0.25, -0.2) is 0 Å². The van der Waals surface area contributed by atoms with E-state index in [0.29, 0.717) is 13.1 Å². The Bertz CT molecular complexity index is 406. The predicted molar refractivity (Wildman–Crippen MR) is 86.0 cm³/mol. The molecule has 0 aliphatic carbocycles. The SMILES string of the molecule is CCc1ccc([C@H](CC(F)(F)F)N2CCNCC2)s1.Cl.Cl. The van der Waals surface area contributed by atoms with E-state index in [2.05, 4.69) is 5.32 Å². The van der Waals surface area contributed by atoms with Crippen molar-refractivity contribution in [3.63, 3.8) is 0 Å². The van der Waals surface area contributed by atoms with Gasteiger partial charge in [-0.2, -0.15) is 13.2 Å². The van der Waals surface area contributed by atoms with E-state index in [-0.39, 0.29) is 24.8 Å². The van der Waals surface area contributed by atoms with Crippen LogP contribution < -0.4 is 5.32 Å². The Balaban J connectivity index is 0.00000200. The number of nitrogens with one attached hydrogen (secondary N) is 1. The summed E-state index contributed by atoms with van der Waals surface area (Å²) in [6, 6.07) is 3.29. The second-order valence-electron chi connectivity index (χ2n) is 4.78. The molecule has 21 heavy (non-hydrogen) atoms. The van der Waals surface area contributed by atoms with Crippen LogP contribution in [0, 0.1) is 0 Å². The molecule has 1 N–H and O–H groups in total. The molecule has 0 saturated carbocycles. The molecule has 1 aromatic rings. The number of alkyl halides is 3. The molecule has 124 valence electrons. The molecule has 2 rings (SSSR count). The fraction of sp³-hybridized carbons (Fsp3) is 0.692. The van der Waals surface area contributed by atoms with E-state index < -0.39 is 18.6 Å². The van der Waals surface area contributed by atoms with Gasteiger partial charge in [0, 0.05) is 35.9 Å². The quantitative estimate of drug-likeness (QED) is 0.866. The summed E-state index contributed by atoms with van der Waals surface area (Å²) in [5.41, 5.74) is 0. The van der Waals surface area contributed by atoms with Crippen LogP contribution in [0.2, 0.25) is 0 Å². The minimum Gasteiger partial charge on any atom is -0.314 e. The molecule has 2 heterocycles. The zero-order valence-corrected chi connectivity index (χ0v) is 14.2. The normalized spacial score (nSPS) is 17.7. The third-order valence-corrected chi connectivity index (χ3v) is 4.71. The van der Waals surface area contributed by atoms with Gasteiger partial charge in [-0.3, -0.25) is 4.90 Å². The summed E-state index contributed by atoms with van der Waals surface area (Å²) < 4.78 is 38.4. The second kappa shape index (κ2) is 9.20. The Kier molecular flexibility index (Phi) is 9.20. The van der Waals surface area contributed by atoms with Gasteiger partial charge in [0.2, 0.25) is 0 Å². The van der Waals surface area contributed by atoms with Gasteiger partial charge in [-0.1, -0.05) is 6.92 Å². The first-order valence-corrected chi connectivity index (χ1v) is 7.41. The summed E-state index contributed by atoms with van der Waals surface area (Å²) in [6.45, 7) is 4.92. The Labute approximate surface area is 139 Å². The van der Waals surface area contributed by atoms with Crippen molar-refractivity contribution in [1.82, 2.24) is 10.2 Å². The van der Waals surface area contributed by atoms with Gasteiger partial charge >= 0.3 is 6.18 Å². The second-order valence-corrected chi connectivity index (χ2v) is 5.98. The van der Waals surface area contributed by atoms with Crippen LogP contribution in [0.5, 0.6) is 0 Å². The van der Waals surface area contributed by atoms with Crippen molar-refractivity contribution >= 4 is 36.2 Å². The standard InChI is InChI=1S/C13H19F3N2S.2ClH/c1-2-10-3-4-12(19-10)11(9-13(14,15)16)18-7-5-17-6-8-18;;/h3-4,11,17H,2,5-9H2,1H3;2*1H/t11-;;/m0../s1. The minimum atomic E-state index is -4.12. The minimum absolute atomic E-state index is 0. The van der Waals surface area contributed by atoms with Crippen LogP contribution in [-0.4, -0.2) is 37.3 Å². The first kappa shape index (κ1) is 21.0. The lowest BCUT2D eigenvalue weighted by Gasteiger charge is -2.34. The topological polar surface area (TPSA) is 15.3 Å². The molecule has 0 aromatic carbocycles. The Morgan fingerprint density at radius 3 is 2.33 bits per heavy atom. The third kappa shape index (κ3) is 6.32. The maximum atomic E-state index is 12.8. The van der Waals surface area contributed by atoms with Crippen LogP contribution >= 0.6 is 36.2 Å². The highest BCUT2D eigenvalue weighted by molar-refractivity contribution is 7.12. The number of aryl methyl sites for hydroxylation is 1. The van der Waals surface area contributed by atoms with Crippen LogP contribution in [0.25, 0.3) is 0 Å². The van der Waals surface area contributed by atoms with Gasteiger partial charge in [0.25, 0.3) is 0 Å². The van der Waals surface area contributed by atoms with Gasteiger partial charge in [0.1, 0.15) is 0 Å². The van der Waals surface area contributed by atoms with Crippen LogP contribution in [0.15, 0.2) is 12.1 Å². The molecule has 8 heteroatoms. The van der Waals surface area contributed by atoms with E-state index >= 15 is 0 Å². The fourth-order valence-corrected chi connectivity index (χ4v) is 3.47. The van der Waals surface area contributed by atoms with Gasteiger partial charge in [-0.05, 0) is 18.6 Å². The first-order chi connectivity index (χ1) is 8.99. The smallest absolute Gasteiger partial charge is 0.314 e. The van der Waals surface area contributed by atoms with E-state index in [9.17, 15) is 13.2 Å². The van der Waals surface area contributed by atoms with Gasteiger partial charge in [0.05, 0.1) is 12.5 Å². The van der Waals surface area contributed by atoms with Gasteiger partial charge in [0.15, 0.2) is 0 Å². The number of hydrogen-bond acceptors (Lipinski definition) is 3. The zero-order valence-electron chi connectivity index (χ0n) is 11.8. The lowest BCUT2D eigenvalue weighted by molar-refractivity contribution is -0.148. The molecule has 1 aliphatic heterocycles. The van der Waals surface area contributed by atoms with E-state index in [1.807, 2.05) is 24.0 Å². The number of piperazine rings is 1. The van der Waals surface area contributed by atoms with Crippen LogP contribution in [-0.2, 0) is 6.42 Å². The summed E-state index contributed by atoms with van der Waals surface area (Å²) in [5, 5.41) is 3.18. The molecule has 2 nitrogen and oxygen atoms in total. The predicted octanol–water partition coefficient (Wildman–Crippen LogP) is 4.05. The van der Waals surface area contributed by atoms with Crippen LogP contribution in [0.1, 0.15) is 29.1 Å². The average molecular weight is 365 g/mol. The molecule has 0 bridgehead atoms. The molecular formula is C13H21Cl2F3N2S. The fourth-order valence-electron chi connectivity index (χ4n) is 2.39. The molecule has 0 unspecified atom stereocenters. The molecule has 1 aromatic heterocycles. The van der Waals surface area contributed by atoms with Crippen LogP contribution in [0.4, 0.5) is 13.2 Å². The largest absolute Gasteiger partial charge is 0.390 e. The van der Waals surface area contributed by atoms with Crippen molar-refractivity contribution < 1.29 is 13.2 Å². The van der Waals surface area contributed by atoms with Crippen molar-refractivity contribution in [2.75, 3.05) is 26.2 Å². The van der Waals surface area contributed by atoms with Gasteiger partial charge < -0.3 is 5.32 Å². The lowest BCUT2D eigenvalue weighted by atomic mass is 10.1. The Hall–Kier alpha value is -0.0100. The molecule has 1 fully saturated rings. The molecule has 1 saturated heterocycles. The summed E-state index contributed by atoms with van der Waals surface area (Å²) in [7, 11) is 0. The zero-order chi connectivity index (χ0) is 13.9. The molecular weight excluding hydrogens is 344 g/mol. The highest BCUT2D eigenvalue weighted by atomic mass is 35.5. The lowest BCUT2D eigenvalue weighted by Crippen LogP contribution is -2.45. The monoisotopic (exact) mass is 364 g/mol. The maximum absolute atomic E-state index is 12.8. The average Bonchev–Trinajstić information content (AvgIpc) is 2.84. The Morgan fingerprint density at radius 1 is 1.24 bits per heavy atom. The van der Waals surface area contributed by atoms with E-state index in [4.69, 9.17) is 0 Å². The van der Waals surface area contributed by atoms with Crippen molar-refractivity contribution in [1.29, 1.82) is 0 Å². The van der Waals surface area contributed by atoms with E-state index in [0.717, 1.165) is 29.3 Å². The number of rotatable bonds is 4. The molecule has 0 amide bonds. The number of nitrogens with zero attached hydrogens (tertiary/aromatic N) is 1. The highest BCUT2D eigenvalue weighted by Crippen LogP contribution is 2.37. The number of hydrogen-bond donors (Lipinski definition) is 1. The van der Waals surface area contributed by atoms with E-state index in [1.165, 1.54) is 11.3 Å². The summed E-state index contributed by atoms with van der Waals surface area (Å²) in [4.78, 5) is 3.95. The maximum Gasteiger partial charge on any atom is 0.390 e. The number of thiophene rings is 1. The first-order valence-electron chi connectivity index (χ1n) is 6.59. The van der Waals surface area contributed by atoms with Gasteiger partial charge in [-0.15, -0.1) is 36.2 Å². The van der Waals surface area contributed by atoms with Crippen molar-refractivity contribution in [3.8, 4) is 0 Å². The van der Waals surface area contributed by atoms with Crippen molar-refractivity contribution in [2.24, 2.45) is 0 Å². The molecule has 1 aliphatic rings. The summed E-state index contributed by atoms with van der Waals surface area (Å²) in [5.74, 6) is 0. The summed E-state index contributed by atoms with van der Waals surface area (Å²) in [6.07, 6.45) is -3.99. The Morgan fingerprint density at radius 2 is 1.86 bits per heavy atom. The number of halogens is 5. The van der Waals surface area contributed by atoms with Crippen molar-refractivity contribution in [2.45, 2.75) is 32.0 Å². The highest BCUT2D eigenvalue weighted by Gasteiger charge is 2.36. The van der Waals surface area contributed by atoms with Crippen LogP contribution in [0.3, 0.4) is 0 Å². The van der Waals surface area contributed by atoms with Crippen molar-refractivity contribution in [3.05, 3.63) is 21.9 Å².